The zero-order chi connectivity index (χ0) is 22.2. The van der Waals surface area contributed by atoms with E-state index in [-0.39, 0.29) is 36.0 Å². The van der Waals surface area contributed by atoms with Crippen molar-refractivity contribution >= 4 is 12.0 Å². The molecular formula is C26H31N3O3. The van der Waals surface area contributed by atoms with Gasteiger partial charge in [-0.2, -0.15) is 0 Å². The van der Waals surface area contributed by atoms with Crippen molar-refractivity contribution < 1.29 is 9.90 Å². The highest BCUT2D eigenvalue weighted by atomic mass is 16.3. The number of nitrogens with zero attached hydrogens (tertiary/aromatic N) is 2. The molecule has 3 aliphatic rings. The van der Waals surface area contributed by atoms with Crippen molar-refractivity contribution in [3.63, 3.8) is 0 Å². The van der Waals surface area contributed by atoms with E-state index in [9.17, 15) is 14.7 Å². The average molecular weight is 434 g/mol. The molecule has 2 aliphatic heterocycles. The fourth-order valence-corrected chi connectivity index (χ4v) is 5.57. The maximum absolute atomic E-state index is 13.4. The number of likely N-dealkylation sites (tertiary alicyclic amines) is 1. The Morgan fingerprint density at radius 2 is 1.97 bits per heavy atom. The zero-order valence-electron chi connectivity index (χ0n) is 18.5. The Hall–Kier alpha value is -2.70. The first-order valence-corrected chi connectivity index (χ1v) is 11.7. The van der Waals surface area contributed by atoms with Crippen molar-refractivity contribution in [2.75, 3.05) is 13.2 Å². The Kier molecular flexibility index (Phi) is 5.74. The second-order valence-electron chi connectivity index (χ2n) is 9.38. The number of hydrogen-bond acceptors (Lipinski definition) is 4. The molecule has 1 saturated heterocycles. The van der Waals surface area contributed by atoms with Gasteiger partial charge in [-0.25, -0.2) is 0 Å². The lowest BCUT2D eigenvalue weighted by molar-refractivity contribution is -0.128. The van der Waals surface area contributed by atoms with Crippen LogP contribution in [0.3, 0.4) is 0 Å². The van der Waals surface area contributed by atoms with E-state index in [1.807, 2.05) is 54.0 Å². The number of fused-ring (bicyclic) bond motifs is 3. The highest BCUT2D eigenvalue weighted by Crippen LogP contribution is 2.49. The summed E-state index contributed by atoms with van der Waals surface area (Å²) >= 11 is 0. The standard InChI is InChI=1S/C26H31N3O3/c1-2-6-19-11-12-22-23-20(15-28(22)26(19)32)21(16-30)24(25(31)27-13-17-9-10-17)29(23)14-18-7-4-3-5-8-18/h2-8,11-12,17,20-21,23-24,30H,9-10,13-16H2,1H3,(H,27,31)/b6-2-/t20-,21-,23+,24-/m1/s1. The molecule has 2 N–H and O–H groups in total. The second-order valence-corrected chi connectivity index (χ2v) is 9.38. The van der Waals surface area contributed by atoms with Crippen molar-refractivity contribution in [1.29, 1.82) is 0 Å². The van der Waals surface area contributed by atoms with Gasteiger partial charge in [0.2, 0.25) is 5.91 Å². The summed E-state index contributed by atoms with van der Waals surface area (Å²) in [5.74, 6) is 0.404. The molecule has 1 aliphatic carbocycles. The van der Waals surface area contributed by atoms with E-state index < -0.39 is 6.04 Å². The Morgan fingerprint density at radius 1 is 1.19 bits per heavy atom. The van der Waals surface area contributed by atoms with Crippen molar-refractivity contribution in [3.05, 3.63) is 75.7 Å². The van der Waals surface area contributed by atoms with Crippen LogP contribution in [-0.2, 0) is 17.9 Å². The quantitative estimate of drug-likeness (QED) is 0.704. The number of rotatable bonds is 7. The fourth-order valence-electron chi connectivity index (χ4n) is 5.57. The SMILES string of the molecule is C/C=C\c1ccc2n(c1=O)C[C@@H]1[C@@H](CO)[C@H](C(=O)NCC3CC3)N(Cc3ccccc3)[C@H]21. The molecule has 1 saturated carbocycles. The van der Waals surface area contributed by atoms with Gasteiger partial charge in [0.05, 0.1) is 12.1 Å². The van der Waals surface area contributed by atoms with Crippen LogP contribution in [-0.4, -0.2) is 39.7 Å². The third kappa shape index (κ3) is 3.71. The van der Waals surface area contributed by atoms with Crippen LogP contribution in [0.5, 0.6) is 0 Å². The molecule has 168 valence electrons. The second kappa shape index (κ2) is 8.68. The summed E-state index contributed by atoms with van der Waals surface area (Å²) in [7, 11) is 0. The van der Waals surface area contributed by atoms with Crippen molar-refractivity contribution in [3.8, 4) is 0 Å². The smallest absolute Gasteiger partial charge is 0.258 e. The van der Waals surface area contributed by atoms with Crippen LogP contribution >= 0.6 is 0 Å². The molecule has 2 aromatic rings. The van der Waals surface area contributed by atoms with Gasteiger partial charge in [0.1, 0.15) is 0 Å². The van der Waals surface area contributed by atoms with Gasteiger partial charge < -0.3 is 15.0 Å². The average Bonchev–Trinajstić information content (AvgIpc) is 3.48. The molecule has 0 unspecified atom stereocenters. The predicted molar refractivity (Wildman–Crippen MR) is 124 cm³/mol. The molecule has 2 fully saturated rings. The molecule has 6 nitrogen and oxygen atoms in total. The van der Waals surface area contributed by atoms with Gasteiger partial charge in [-0.1, -0.05) is 42.5 Å². The number of aliphatic hydroxyl groups is 1. The summed E-state index contributed by atoms with van der Waals surface area (Å²) in [6.07, 6.45) is 6.07. The zero-order valence-corrected chi connectivity index (χ0v) is 18.5. The number of pyridine rings is 1. The van der Waals surface area contributed by atoms with Crippen LogP contribution < -0.4 is 10.9 Å². The number of hydrogen-bond donors (Lipinski definition) is 2. The molecule has 0 radical (unpaired) electrons. The van der Waals surface area contributed by atoms with Crippen LogP contribution in [0.4, 0.5) is 0 Å². The maximum atomic E-state index is 13.4. The van der Waals surface area contributed by atoms with Crippen molar-refractivity contribution in [2.45, 2.75) is 44.9 Å². The van der Waals surface area contributed by atoms with Gasteiger partial charge in [0.25, 0.3) is 5.56 Å². The number of carbonyl (C=O) groups is 1. The van der Waals surface area contributed by atoms with Gasteiger partial charge >= 0.3 is 0 Å². The summed E-state index contributed by atoms with van der Waals surface area (Å²) in [6.45, 7) is 3.68. The molecule has 1 aromatic carbocycles. The van der Waals surface area contributed by atoms with Crippen LogP contribution in [0.25, 0.3) is 6.08 Å². The minimum atomic E-state index is -0.409. The number of allylic oxidation sites excluding steroid dienone is 1. The molecule has 32 heavy (non-hydrogen) atoms. The third-order valence-electron chi connectivity index (χ3n) is 7.31. The number of aliphatic hydroxyl groups excluding tert-OH is 1. The Morgan fingerprint density at radius 3 is 2.66 bits per heavy atom. The van der Waals surface area contributed by atoms with Gasteiger partial charge in [0.15, 0.2) is 0 Å². The third-order valence-corrected chi connectivity index (χ3v) is 7.31. The van der Waals surface area contributed by atoms with Crippen LogP contribution in [0.1, 0.15) is 42.6 Å². The first-order chi connectivity index (χ1) is 15.6. The molecule has 1 amide bonds. The minimum absolute atomic E-state index is 0.000662. The Labute approximate surface area is 188 Å². The van der Waals surface area contributed by atoms with Gasteiger partial charge in [0, 0.05) is 49.3 Å². The molecular weight excluding hydrogens is 402 g/mol. The fraction of sp³-hybridized carbons (Fsp3) is 0.462. The van der Waals surface area contributed by atoms with Gasteiger partial charge in [-0.05, 0) is 43.4 Å². The molecule has 5 rings (SSSR count). The van der Waals surface area contributed by atoms with Crippen LogP contribution in [0.15, 0.2) is 53.3 Å². The highest BCUT2D eigenvalue weighted by molar-refractivity contribution is 5.83. The summed E-state index contributed by atoms with van der Waals surface area (Å²) in [4.78, 5) is 28.7. The summed E-state index contributed by atoms with van der Waals surface area (Å²) in [6, 6.07) is 13.6. The lowest BCUT2D eigenvalue weighted by Crippen LogP contribution is -2.48. The first kappa shape index (κ1) is 21.2. The van der Waals surface area contributed by atoms with E-state index in [4.69, 9.17) is 0 Å². The normalized spacial score (nSPS) is 26.9. The molecule has 6 heteroatoms. The number of aromatic nitrogens is 1. The van der Waals surface area contributed by atoms with E-state index in [1.54, 1.807) is 0 Å². The van der Waals surface area contributed by atoms with Crippen molar-refractivity contribution in [2.24, 2.45) is 17.8 Å². The van der Waals surface area contributed by atoms with E-state index in [1.165, 1.54) is 12.8 Å². The van der Waals surface area contributed by atoms with E-state index >= 15 is 0 Å². The van der Waals surface area contributed by atoms with Crippen LogP contribution in [0.2, 0.25) is 0 Å². The van der Waals surface area contributed by atoms with Crippen LogP contribution in [0, 0.1) is 17.8 Å². The van der Waals surface area contributed by atoms with Gasteiger partial charge in [-0.15, -0.1) is 0 Å². The lowest BCUT2D eigenvalue weighted by Gasteiger charge is -2.31. The highest BCUT2D eigenvalue weighted by Gasteiger charge is 2.55. The molecule has 4 atom stereocenters. The maximum Gasteiger partial charge on any atom is 0.258 e. The number of carbonyl (C=O) groups excluding carboxylic acids is 1. The van der Waals surface area contributed by atoms with E-state index in [0.717, 1.165) is 11.3 Å². The summed E-state index contributed by atoms with van der Waals surface area (Å²) in [5.41, 5.74) is 2.74. The topological polar surface area (TPSA) is 74.6 Å². The molecule has 0 spiro atoms. The molecule has 3 heterocycles. The molecule has 0 bridgehead atoms. The minimum Gasteiger partial charge on any atom is -0.396 e. The lowest BCUT2D eigenvalue weighted by atomic mass is 9.88. The predicted octanol–water partition coefficient (Wildman–Crippen LogP) is 2.57. The van der Waals surface area contributed by atoms with E-state index in [0.29, 0.717) is 31.1 Å². The van der Waals surface area contributed by atoms with E-state index in [2.05, 4.69) is 22.3 Å². The summed E-state index contributed by atoms with van der Waals surface area (Å²) in [5, 5.41) is 13.5. The number of amides is 1. The number of nitrogens with one attached hydrogen (secondary N) is 1. The van der Waals surface area contributed by atoms with Crippen molar-refractivity contribution in [1.82, 2.24) is 14.8 Å². The monoisotopic (exact) mass is 433 g/mol. The first-order valence-electron chi connectivity index (χ1n) is 11.7. The Balaban J connectivity index is 1.53. The van der Waals surface area contributed by atoms with Gasteiger partial charge in [-0.3, -0.25) is 14.5 Å². The number of benzene rings is 1. The largest absolute Gasteiger partial charge is 0.396 e. The molecule has 1 aromatic heterocycles. The summed E-state index contributed by atoms with van der Waals surface area (Å²) < 4.78 is 1.85. The Bertz CT molecular complexity index is 1070.